The van der Waals surface area contributed by atoms with E-state index in [1.54, 1.807) is 24.3 Å². The van der Waals surface area contributed by atoms with Crippen LogP contribution in [0.15, 0.2) is 62.8 Å². The number of nitrogens with one attached hydrogen (secondary N) is 1. The van der Waals surface area contributed by atoms with E-state index in [2.05, 4.69) is 14.7 Å². The molecule has 2 aromatic rings. The first-order valence-corrected chi connectivity index (χ1v) is 8.67. The molecular weight excluding hydrogens is 328 g/mol. The fourth-order valence-corrected chi connectivity index (χ4v) is 3.43. The molecule has 0 spiro atoms. The molecule has 0 aromatic heterocycles. The monoisotopic (exact) mass is 343 g/mol. The molecule has 0 amide bonds. The Bertz CT molecular complexity index is 936. The minimum absolute atomic E-state index is 0.0404. The third-order valence-electron chi connectivity index (χ3n) is 3.52. The standard InChI is InChI=1S/C16H16N4O3S/c17-12-6-2-1-5-11(12)9-10-18-16(21)15-19-13-7-3-4-8-14(13)24(22,23)20-15/h1-8H,9-10,17H2,(H,18,21)(H,19,20)/p-1. The van der Waals surface area contributed by atoms with E-state index in [0.29, 0.717) is 17.8 Å². The second kappa shape index (κ2) is 6.32. The summed E-state index contributed by atoms with van der Waals surface area (Å²) in [5, 5.41) is 14.8. The molecule has 124 valence electrons. The molecule has 7 nitrogen and oxygen atoms in total. The van der Waals surface area contributed by atoms with Crippen LogP contribution in [0.2, 0.25) is 0 Å². The minimum atomic E-state index is -3.90. The molecule has 0 unspecified atom stereocenters. The predicted molar refractivity (Wildman–Crippen MR) is 91.5 cm³/mol. The lowest BCUT2D eigenvalue weighted by molar-refractivity contribution is -0.209. The molecule has 3 rings (SSSR count). The highest BCUT2D eigenvalue weighted by Gasteiger charge is 2.24. The molecule has 1 aliphatic heterocycles. The molecule has 2 aromatic carbocycles. The number of amidine groups is 1. The van der Waals surface area contributed by atoms with Gasteiger partial charge < -0.3 is 16.2 Å². The number of sulfonamides is 1. The summed E-state index contributed by atoms with van der Waals surface area (Å²) in [5.74, 6) is -1.00. The van der Waals surface area contributed by atoms with Gasteiger partial charge in [0, 0.05) is 18.1 Å². The Morgan fingerprint density at radius 3 is 2.67 bits per heavy atom. The van der Waals surface area contributed by atoms with E-state index in [1.807, 2.05) is 18.2 Å². The molecule has 0 saturated heterocycles. The Morgan fingerprint density at radius 2 is 1.88 bits per heavy atom. The molecule has 0 radical (unpaired) electrons. The second-order valence-electron chi connectivity index (χ2n) is 5.17. The Labute approximate surface area is 139 Å². The largest absolute Gasteiger partial charge is 0.856 e. The van der Waals surface area contributed by atoms with E-state index in [4.69, 9.17) is 5.73 Å². The highest BCUT2D eigenvalue weighted by Crippen LogP contribution is 2.26. The maximum atomic E-state index is 12.1. The van der Waals surface area contributed by atoms with E-state index >= 15 is 0 Å². The van der Waals surface area contributed by atoms with Crippen LogP contribution < -0.4 is 16.2 Å². The molecule has 0 fully saturated rings. The molecule has 1 heterocycles. The number of nitrogens with zero attached hydrogens (tertiary/aromatic N) is 2. The Balaban J connectivity index is 1.77. The fourth-order valence-electron chi connectivity index (χ4n) is 2.32. The summed E-state index contributed by atoms with van der Waals surface area (Å²) in [6, 6.07) is 13.6. The third kappa shape index (κ3) is 3.23. The maximum absolute atomic E-state index is 12.1. The summed E-state index contributed by atoms with van der Waals surface area (Å²) in [4.78, 5) is 3.91. The van der Waals surface area contributed by atoms with E-state index < -0.39 is 15.9 Å². The summed E-state index contributed by atoms with van der Waals surface area (Å²) < 4.78 is 27.7. The van der Waals surface area contributed by atoms with Crippen LogP contribution in [-0.2, 0) is 16.4 Å². The number of anilines is 2. The number of nitrogen functional groups attached to an aromatic ring is 1. The van der Waals surface area contributed by atoms with Gasteiger partial charge in [-0.3, -0.25) is 4.99 Å². The maximum Gasteiger partial charge on any atom is 0.286 e. The van der Waals surface area contributed by atoms with Crippen LogP contribution in [0, 0.1) is 0 Å². The summed E-state index contributed by atoms with van der Waals surface area (Å²) in [5.41, 5.74) is 7.65. The van der Waals surface area contributed by atoms with Crippen molar-refractivity contribution in [2.24, 2.45) is 9.39 Å². The fraction of sp³-hybridized carbons (Fsp3) is 0.125. The van der Waals surface area contributed by atoms with Crippen LogP contribution in [0.1, 0.15) is 5.56 Å². The normalized spacial score (nSPS) is 16.0. The van der Waals surface area contributed by atoms with Crippen LogP contribution in [0.4, 0.5) is 11.4 Å². The van der Waals surface area contributed by atoms with Crippen molar-refractivity contribution in [1.82, 2.24) is 0 Å². The van der Waals surface area contributed by atoms with Crippen LogP contribution >= 0.6 is 0 Å². The number of hydrogen-bond donors (Lipinski definition) is 2. The summed E-state index contributed by atoms with van der Waals surface area (Å²) in [6.45, 7) is 0.190. The first kappa shape index (κ1) is 16.0. The lowest BCUT2D eigenvalue weighted by Gasteiger charge is -2.21. The smallest absolute Gasteiger partial charge is 0.286 e. The van der Waals surface area contributed by atoms with Gasteiger partial charge in [-0.15, -0.1) is 4.40 Å². The first-order chi connectivity index (χ1) is 11.5. The number of rotatable bonds is 4. The Kier molecular flexibility index (Phi) is 4.22. The van der Waals surface area contributed by atoms with Crippen molar-refractivity contribution < 1.29 is 13.5 Å². The van der Waals surface area contributed by atoms with Gasteiger partial charge in [0.05, 0.1) is 5.69 Å². The van der Waals surface area contributed by atoms with Crippen molar-refractivity contribution in [3.63, 3.8) is 0 Å². The molecule has 8 heteroatoms. The van der Waals surface area contributed by atoms with Crippen molar-refractivity contribution in [2.75, 3.05) is 17.6 Å². The van der Waals surface area contributed by atoms with E-state index in [-0.39, 0.29) is 17.3 Å². The predicted octanol–water partition coefficient (Wildman–Crippen LogP) is 0.783. The number of benzene rings is 2. The van der Waals surface area contributed by atoms with Gasteiger partial charge in [-0.2, -0.15) is 8.42 Å². The number of aliphatic imine (C=N–C) groups is 1. The van der Waals surface area contributed by atoms with Crippen LogP contribution in [0.5, 0.6) is 0 Å². The summed E-state index contributed by atoms with van der Waals surface area (Å²) >= 11 is 0. The van der Waals surface area contributed by atoms with Crippen LogP contribution in [0.25, 0.3) is 0 Å². The van der Waals surface area contributed by atoms with Gasteiger partial charge in [-0.25, -0.2) is 0 Å². The first-order valence-electron chi connectivity index (χ1n) is 7.23. The van der Waals surface area contributed by atoms with Crippen LogP contribution in [0.3, 0.4) is 0 Å². The highest BCUT2D eigenvalue weighted by molar-refractivity contribution is 7.90. The molecule has 24 heavy (non-hydrogen) atoms. The molecule has 3 N–H and O–H groups in total. The molecule has 0 aliphatic carbocycles. The second-order valence-corrected chi connectivity index (χ2v) is 6.74. The van der Waals surface area contributed by atoms with Crippen molar-refractivity contribution >= 4 is 33.1 Å². The lowest BCUT2D eigenvalue weighted by atomic mass is 10.1. The van der Waals surface area contributed by atoms with E-state index in [0.717, 1.165) is 5.56 Å². The molecule has 0 saturated carbocycles. The molecule has 1 aliphatic rings. The van der Waals surface area contributed by atoms with Gasteiger partial charge in [0.1, 0.15) is 4.90 Å². The number of hydrogen-bond acceptors (Lipinski definition) is 6. The quantitative estimate of drug-likeness (QED) is 0.483. The molecule has 0 bridgehead atoms. The zero-order chi connectivity index (χ0) is 17.2. The van der Waals surface area contributed by atoms with Gasteiger partial charge in [-0.05, 0) is 30.2 Å². The van der Waals surface area contributed by atoms with Gasteiger partial charge >= 0.3 is 0 Å². The molecular formula is C16H15N4O3S-. The van der Waals surface area contributed by atoms with Crippen molar-refractivity contribution in [3.05, 3.63) is 54.1 Å². The summed E-state index contributed by atoms with van der Waals surface area (Å²) in [7, 11) is -3.90. The average Bonchev–Trinajstić information content (AvgIpc) is 2.56. The zero-order valence-corrected chi connectivity index (χ0v) is 13.5. The zero-order valence-electron chi connectivity index (χ0n) is 12.6. The number of nitrogens with two attached hydrogens (primary N) is 1. The number of fused-ring (bicyclic) bond motifs is 1. The van der Waals surface area contributed by atoms with Gasteiger partial charge in [0.2, 0.25) is 0 Å². The topological polar surface area (TPSA) is 120 Å². The van der Waals surface area contributed by atoms with Crippen molar-refractivity contribution in [2.45, 2.75) is 11.3 Å². The van der Waals surface area contributed by atoms with Crippen LogP contribution in [-0.4, -0.2) is 26.7 Å². The Hall–Kier alpha value is -2.87. The highest BCUT2D eigenvalue weighted by atomic mass is 32.2. The summed E-state index contributed by atoms with van der Waals surface area (Å²) in [6.07, 6.45) is 0.481. The molecule has 0 atom stereocenters. The van der Waals surface area contributed by atoms with Crippen molar-refractivity contribution in [3.8, 4) is 0 Å². The average molecular weight is 343 g/mol. The Morgan fingerprint density at radius 1 is 1.17 bits per heavy atom. The van der Waals surface area contributed by atoms with Gasteiger partial charge in [-0.1, -0.05) is 30.3 Å². The van der Waals surface area contributed by atoms with E-state index in [1.165, 1.54) is 6.07 Å². The van der Waals surface area contributed by atoms with Gasteiger partial charge in [0.25, 0.3) is 10.0 Å². The minimum Gasteiger partial charge on any atom is -0.856 e. The number of para-hydroxylation sites is 2. The van der Waals surface area contributed by atoms with E-state index in [9.17, 15) is 13.5 Å². The lowest BCUT2D eigenvalue weighted by Crippen LogP contribution is -2.37. The van der Waals surface area contributed by atoms with Crippen molar-refractivity contribution in [1.29, 1.82) is 0 Å². The van der Waals surface area contributed by atoms with Gasteiger partial charge in [0.15, 0.2) is 5.84 Å². The SMILES string of the molecule is Nc1ccccc1CCN=C([O-])C1=NS(=O)(=O)c2ccccc2N1. The third-order valence-corrected chi connectivity index (χ3v) is 4.86.